The van der Waals surface area contributed by atoms with Crippen LogP contribution < -0.4 is 5.32 Å². The molecule has 2 fully saturated rings. The number of imidazole rings is 1. The molecule has 1 amide bonds. The first-order valence-electron chi connectivity index (χ1n) is 9.87. The maximum Gasteiger partial charge on any atom is 0.306 e. The third kappa shape index (κ3) is 3.94. The number of halogens is 2. The number of rotatable bonds is 5. The molecule has 4 rings (SSSR count). The molecule has 30 heavy (non-hydrogen) atoms. The normalized spacial score (nSPS) is 27.8. The highest BCUT2D eigenvalue weighted by atomic mass is 35.5. The molecule has 160 valence electrons. The average molecular weight is 436 g/mol. The number of anilines is 1. The van der Waals surface area contributed by atoms with E-state index in [4.69, 9.17) is 16.7 Å². The standard InChI is InChI=1S/C21H23ClFN3O4/c1-26-10-24-18(19(26)20(29)25-14-2-3-16(23)15(22)6-14)11-4-12-7-21(30,9-17(27)28)8-13(12)5-11/h2-3,6,10-13,30H,4-5,7-9H2,1H3,(H,25,29)(H,27,28). The highest BCUT2D eigenvalue weighted by molar-refractivity contribution is 6.31. The van der Waals surface area contributed by atoms with Gasteiger partial charge >= 0.3 is 5.97 Å². The van der Waals surface area contributed by atoms with Crippen LogP contribution >= 0.6 is 11.6 Å². The van der Waals surface area contributed by atoms with Gasteiger partial charge in [-0.15, -0.1) is 0 Å². The van der Waals surface area contributed by atoms with Gasteiger partial charge in [-0.1, -0.05) is 11.6 Å². The Kier molecular flexibility index (Phi) is 5.32. The number of benzene rings is 1. The molecule has 0 saturated heterocycles. The monoisotopic (exact) mass is 435 g/mol. The van der Waals surface area contributed by atoms with Crippen LogP contribution in [0, 0.1) is 17.7 Å². The lowest BCUT2D eigenvalue weighted by Crippen LogP contribution is -2.29. The summed E-state index contributed by atoms with van der Waals surface area (Å²) in [6.07, 6.45) is 3.79. The number of hydrogen-bond donors (Lipinski definition) is 3. The first-order chi connectivity index (χ1) is 14.1. The minimum atomic E-state index is -1.14. The summed E-state index contributed by atoms with van der Waals surface area (Å²) in [5.41, 5.74) is 0.374. The van der Waals surface area contributed by atoms with Gasteiger partial charge in [-0.2, -0.15) is 0 Å². The Morgan fingerprint density at radius 1 is 1.33 bits per heavy atom. The van der Waals surface area contributed by atoms with Crippen LogP contribution in [0.3, 0.4) is 0 Å². The van der Waals surface area contributed by atoms with Gasteiger partial charge in [0, 0.05) is 18.7 Å². The van der Waals surface area contributed by atoms with E-state index in [9.17, 15) is 19.1 Å². The van der Waals surface area contributed by atoms with Crippen LogP contribution in [0.1, 0.15) is 54.2 Å². The Morgan fingerprint density at radius 3 is 2.60 bits per heavy atom. The van der Waals surface area contributed by atoms with Crippen LogP contribution in [-0.2, 0) is 11.8 Å². The Hall–Kier alpha value is -2.45. The van der Waals surface area contributed by atoms with E-state index in [1.54, 1.807) is 17.9 Å². The number of fused-ring (bicyclic) bond motifs is 1. The molecule has 2 unspecified atom stereocenters. The molecular formula is C21H23ClFN3O4. The van der Waals surface area contributed by atoms with Gasteiger partial charge in [0.2, 0.25) is 0 Å². The Bertz CT molecular complexity index is 994. The zero-order valence-electron chi connectivity index (χ0n) is 16.4. The quantitative estimate of drug-likeness (QED) is 0.666. The number of carboxylic acids is 1. The molecule has 1 heterocycles. The molecule has 0 radical (unpaired) electrons. The van der Waals surface area contributed by atoms with E-state index in [0.717, 1.165) is 12.8 Å². The number of nitrogens with zero attached hydrogens (tertiary/aromatic N) is 2. The lowest BCUT2D eigenvalue weighted by Gasteiger charge is -2.22. The number of nitrogens with one attached hydrogen (secondary N) is 1. The first-order valence-corrected chi connectivity index (χ1v) is 10.2. The second-order valence-corrected chi connectivity index (χ2v) is 8.97. The molecule has 9 heteroatoms. The van der Waals surface area contributed by atoms with Crippen molar-refractivity contribution in [3.8, 4) is 0 Å². The Morgan fingerprint density at radius 2 is 2.00 bits per heavy atom. The number of aliphatic hydroxyl groups is 1. The highest BCUT2D eigenvalue weighted by Crippen LogP contribution is 2.54. The van der Waals surface area contributed by atoms with Crippen molar-refractivity contribution in [3.05, 3.63) is 46.8 Å². The van der Waals surface area contributed by atoms with Crippen LogP contribution in [0.15, 0.2) is 24.5 Å². The fraction of sp³-hybridized carbons (Fsp3) is 0.476. The van der Waals surface area contributed by atoms with Crippen LogP contribution in [0.4, 0.5) is 10.1 Å². The van der Waals surface area contributed by atoms with E-state index in [2.05, 4.69) is 10.3 Å². The summed E-state index contributed by atoms with van der Waals surface area (Å²) in [6.45, 7) is 0. The van der Waals surface area contributed by atoms with Crippen molar-refractivity contribution in [3.63, 3.8) is 0 Å². The summed E-state index contributed by atoms with van der Waals surface area (Å²) < 4.78 is 15.0. The molecule has 1 aromatic heterocycles. The predicted molar refractivity (Wildman–Crippen MR) is 108 cm³/mol. The largest absolute Gasteiger partial charge is 0.481 e. The first kappa shape index (κ1) is 20.8. The van der Waals surface area contributed by atoms with Crippen molar-refractivity contribution in [2.75, 3.05) is 5.32 Å². The highest BCUT2D eigenvalue weighted by Gasteiger charge is 2.50. The SMILES string of the molecule is Cn1cnc(C2CC3CC(O)(CC(=O)O)CC3C2)c1C(=O)Nc1ccc(F)c(Cl)c1. The summed E-state index contributed by atoms with van der Waals surface area (Å²) >= 11 is 5.80. The minimum absolute atomic E-state index is 0.0631. The maximum atomic E-state index is 13.4. The third-order valence-corrected chi connectivity index (χ3v) is 6.64. The van der Waals surface area contributed by atoms with E-state index in [1.165, 1.54) is 18.2 Å². The number of amides is 1. The lowest BCUT2D eigenvalue weighted by atomic mass is 9.90. The lowest BCUT2D eigenvalue weighted by molar-refractivity contribution is -0.142. The zero-order valence-corrected chi connectivity index (χ0v) is 17.2. The van der Waals surface area contributed by atoms with E-state index in [-0.39, 0.29) is 35.1 Å². The zero-order chi connectivity index (χ0) is 21.6. The van der Waals surface area contributed by atoms with E-state index < -0.39 is 17.4 Å². The smallest absolute Gasteiger partial charge is 0.306 e. The number of carboxylic acid groups (broad SMARTS) is 1. The van der Waals surface area contributed by atoms with Crippen molar-refractivity contribution in [2.24, 2.45) is 18.9 Å². The van der Waals surface area contributed by atoms with Crippen molar-refractivity contribution in [2.45, 2.75) is 43.6 Å². The van der Waals surface area contributed by atoms with Gasteiger partial charge in [0.1, 0.15) is 11.5 Å². The van der Waals surface area contributed by atoms with Gasteiger partial charge in [0.05, 0.1) is 29.1 Å². The van der Waals surface area contributed by atoms with Crippen molar-refractivity contribution in [1.82, 2.24) is 9.55 Å². The molecule has 2 aliphatic carbocycles. The van der Waals surface area contributed by atoms with Crippen molar-refractivity contribution < 1.29 is 24.2 Å². The fourth-order valence-corrected chi connectivity index (χ4v) is 5.39. The second-order valence-electron chi connectivity index (χ2n) is 8.56. The van der Waals surface area contributed by atoms with Gasteiger partial charge < -0.3 is 20.1 Å². The number of hydrogen-bond acceptors (Lipinski definition) is 4. The molecule has 3 N–H and O–H groups in total. The van der Waals surface area contributed by atoms with Gasteiger partial charge in [0.25, 0.3) is 5.91 Å². The molecule has 2 aromatic rings. The van der Waals surface area contributed by atoms with E-state index >= 15 is 0 Å². The van der Waals surface area contributed by atoms with Crippen molar-refractivity contribution >= 4 is 29.2 Å². The van der Waals surface area contributed by atoms with Crippen LogP contribution in [0.25, 0.3) is 0 Å². The molecule has 0 bridgehead atoms. The predicted octanol–water partition coefficient (Wildman–Crippen LogP) is 3.57. The van der Waals surface area contributed by atoms with Gasteiger partial charge in [-0.25, -0.2) is 9.37 Å². The number of aliphatic carboxylic acids is 1. The van der Waals surface area contributed by atoms with Gasteiger partial charge in [0.15, 0.2) is 0 Å². The van der Waals surface area contributed by atoms with Crippen LogP contribution in [-0.4, -0.2) is 37.2 Å². The molecule has 0 spiro atoms. The average Bonchev–Trinajstić information content (AvgIpc) is 3.28. The summed E-state index contributed by atoms with van der Waals surface area (Å²) in [5.74, 6) is -1.41. The summed E-state index contributed by atoms with van der Waals surface area (Å²) in [7, 11) is 1.74. The number of aryl methyl sites for hydroxylation is 1. The third-order valence-electron chi connectivity index (χ3n) is 6.35. The molecule has 7 nitrogen and oxygen atoms in total. The second kappa shape index (κ2) is 7.67. The summed E-state index contributed by atoms with van der Waals surface area (Å²) in [5, 5.41) is 22.3. The van der Waals surface area contributed by atoms with E-state index in [0.29, 0.717) is 29.9 Å². The molecule has 2 aliphatic rings. The molecule has 1 aromatic carbocycles. The summed E-state index contributed by atoms with van der Waals surface area (Å²) in [4.78, 5) is 28.4. The van der Waals surface area contributed by atoms with Crippen LogP contribution in [0.2, 0.25) is 5.02 Å². The molecule has 0 aliphatic heterocycles. The summed E-state index contributed by atoms with van der Waals surface area (Å²) in [6, 6.07) is 3.99. The molecule has 2 saturated carbocycles. The number of carbonyl (C=O) groups is 2. The maximum absolute atomic E-state index is 13.4. The Labute approximate surface area is 177 Å². The topological polar surface area (TPSA) is 104 Å². The fourth-order valence-electron chi connectivity index (χ4n) is 5.21. The molecule has 2 atom stereocenters. The van der Waals surface area contributed by atoms with Crippen LogP contribution in [0.5, 0.6) is 0 Å². The number of carbonyl (C=O) groups excluding carboxylic acids is 1. The van der Waals surface area contributed by atoms with E-state index in [1.807, 2.05) is 0 Å². The van der Waals surface area contributed by atoms with Gasteiger partial charge in [-0.3, -0.25) is 9.59 Å². The Balaban J connectivity index is 1.49. The van der Waals surface area contributed by atoms with Crippen molar-refractivity contribution in [1.29, 1.82) is 0 Å². The minimum Gasteiger partial charge on any atom is -0.481 e. The van der Waals surface area contributed by atoms with Gasteiger partial charge in [-0.05, 0) is 55.7 Å². The number of aromatic nitrogens is 2. The molecular weight excluding hydrogens is 413 g/mol.